The van der Waals surface area contributed by atoms with Crippen molar-refractivity contribution in [2.45, 2.75) is 12.8 Å². The van der Waals surface area contributed by atoms with Gasteiger partial charge in [-0.3, -0.25) is 9.59 Å². The number of carbonyl (C=O) groups is 2. The molecule has 108 valence electrons. The van der Waals surface area contributed by atoms with Crippen LogP contribution in [0.4, 0.5) is 11.4 Å². The van der Waals surface area contributed by atoms with Crippen molar-refractivity contribution in [3.63, 3.8) is 0 Å². The summed E-state index contributed by atoms with van der Waals surface area (Å²) in [5.74, 6) is -0.0539. The van der Waals surface area contributed by atoms with Crippen molar-refractivity contribution in [2.24, 2.45) is 11.7 Å². The second kappa shape index (κ2) is 7.02. The van der Waals surface area contributed by atoms with Crippen LogP contribution in [0.15, 0.2) is 24.3 Å². The number of hydrogen-bond acceptors (Lipinski definition) is 4. The first kappa shape index (κ1) is 14.5. The monoisotopic (exact) mass is 277 g/mol. The Hall–Kier alpha value is -1.92. The maximum Gasteiger partial charge on any atom is 0.250 e. The van der Waals surface area contributed by atoms with Crippen LogP contribution in [0.25, 0.3) is 0 Å². The number of carbonyl (C=O) groups excluding carboxylic acids is 2. The third kappa shape index (κ3) is 4.64. The maximum atomic E-state index is 11.7. The van der Waals surface area contributed by atoms with Crippen LogP contribution >= 0.6 is 0 Å². The van der Waals surface area contributed by atoms with Gasteiger partial charge in [0.1, 0.15) is 6.61 Å². The zero-order valence-electron chi connectivity index (χ0n) is 11.2. The summed E-state index contributed by atoms with van der Waals surface area (Å²) in [6, 6.07) is 7.05. The Kier molecular flexibility index (Phi) is 5.09. The minimum atomic E-state index is -0.246. The summed E-state index contributed by atoms with van der Waals surface area (Å²) in [4.78, 5) is 23.2. The third-order valence-electron chi connectivity index (χ3n) is 2.86. The molecule has 4 N–H and O–H groups in total. The van der Waals surface area contributed by atoms with E-state index in [2.05, 4.69) is 10.6 Å². The molecule has 1 aromatic carbocycles. The lowest BCUT2D eigenvalue weighted by Gasteiger charge is -2.08. The van der Waals surface area contributed by atoms with Gasteiger partial charge in [-0.25, -0.2) is 0 Å². The van der Waals surface area contributed by atoms with Gasteiger partial charge >= 0.3 is 0 Å². The molecular weight excluding hydrogens is 258 g/mol. The van der Waals surface area contributed by atoms with Gasteiger partial charge in [0.05, 0.1) is 6.61 Å². The molecule has 2 rings (SSSR count). The van der Waals surface area contributed by atoms with Gasteiger partial charge < -0.3 is 21.1 Å². The molecule has 0 bridgehead atoms. The molecule has 1 saturated carbocycles. The topological polar surface area (TPSA) is 93.4 Å². The van der Waals surface area contributed by atoms with Crippen LogP contribution in [0.2, 0.25) is 0 Å². The highest BCUT2D eigenvalue weighted by Gasteiger charge is 2.29. The Bertz CT molecular complexity index is 486. The largest absolute Gasteiger partial charge is 0.370 e. The molecule has 0 unspecified atom stereocenters. The molecule has 6 nitrogen and oxygen atoms in total. The van der Waals surface area contributed by atoms with Crippen LogP contribution < -0.4 is 16.4 Å². The summed E-state index contributed by atoms with van der Waals surface area (Å²) < 4.78 is 5.04. The molecule has 0 radical (unpaired) electrons. The Morgan fingerprint density at radius 3 is 2.60 bits per heavy atom. The number of nitrogens with one attached hydrogen (secondary N) is 2. The normalized spacial score (nSPS) is 13.8. The van der Waals surface area contributed by atoms with Gasteiger partial charge in [-0.1, -0.05) is 6.07 Å². The summed E-state index contributed by atoms with van der Waals surface area (Å²) in [6.45, 7) is 0.705. The average Bonchev–Trinajstić information content (AvgIpc) is 3.23. The van der Waals surface area contributed by atoms with E-state index in [4.69, 9.17) is 10.5 Å². The first-order valence-electron chi connectivity index (χ1n) is 6.67. The molecular formula is C14H19N3O3. The lowest BCUT2D eigenvalue weighted by molar-refractivity contribution is -0.120. The Morgan fingerprint density at radius 1 is 1.25 bits per heavy atom. The van der Waals surface area contributed by atoms with E-state index in [0.29, 0.717) is 24.5 Å². The van der Waals surface area contributed by atoms with Crippen LogP contribution in [0.3, 0.4) is 0 Å². The molecule has 1 fully saturated rings. The van der Waals surface area contributed by atoms with E-state index < -0.39 is 0 Å². The van der Waals surface area contributed by atoms with Crippen LogP contribution in [0.5, 0.6) is 0 Å². The first-order valence-corrected chi connectivity index (χ1v) is 6.67. The minimum absolute atomic E-state index is 0.0319. The summed E-state index contributed by atoms with van der Waals surface area (Å²) in [5.41, 5.74) is 6.57. The predicted molar refractivity (Wildman–Crippen MR) is 76.3 cm³/mol. The van der Waals surface area contributed by atoms with Gasteiger partial charge in [-0.2, -0.15) is 0 Å². The van der Waals surface area contributed by atoms with E-state index in [1.54, 1.807) is 24.3 Å². The second-order valence-electron chi connectivity index (χ2n) is 4.73. The molecule has 20 heavy (non-hydrogen) atoms. The molecule has 0 heterocycles. The van der Waals surface area contributed by atoms with Crippen molar-refractivity contribution in [3.8, 4) is 0 Å². The fourth-order valence-electron chi connectivity index (χ4n) is 1.71. The van der Waals surface area contributed by atoms with Gasteiger partial charge in [0.15, 0.2) is 0 Å². The smallest absolute Gasteiger partial charge is 0.250 e. The van der Waals surface area contributed by atoms with E-state index in [9.17, 15) is 9.59 Å². The van der Waals surface area contributed by atoms with E-state index in [1.165, 1.54) is 0 Å². The zero-order chi connectivity index (χ0) is 14.4. The molecule has 1 aliphatic rings. The average molecular weight is 277 g/mol. The van der Waals surface area contributed by atoms with Gasteiger partial charge in [0, 0.05) is 23.8 Å². The predicted octanol–water partition coefficient (Wildman–Crippen LogP) is 0.949. The number of ether oxygens (including phenoxy) is 1. The van der Waals surface area contributed by atoms with Gasteiger partial charge in [-0.05, 0) is 31.0 Å². The summed E-state index contributed by atoms with van der Waals surface area (Å²) in [5, 5.41) is 5.54. The molecule has 0 aromatic heterocycles. The molecule has 0 aliphatic heterocycles. The van der Waals surface area contributed by atoms with Crippen molar-refractivity contribution in [3.05, 3.63) is 24.3 Å². The van der Waals surface area contributed by atoms with Crippen LogP contribution in [-0.4, -0.2) is 31.6 Å². The van der Waals surface area contributed by atoms with Crippen LogP contribution in [-0.2, 0) is 14.3 Å². The summed E-state index contributed by atoms with van der Waals surface area (Å²) in [7, 11) is 0. The Labute approximate surface area is 117 Å². The second-order valence-corrected chi connectivity index (χ2v) is 4.73. The van der Waals surface area contributed by atoms with Crippen molar-refractivity contribution >= 4 is 23.2 Å². The first-order chi connectivity index (χ1) is 9.69. The number of anilines is 2. The fourth-order valence-corrected chi connectivity index (χ4v) is 1.71. The third-order valence-corrected chi connectivity index (χ3v) is 2.86. The van der Waals surface area contributed by atoms with Crippen LogP contribution in [0, 0.1) is 5.92 Å². The van der Waals surface area contributed by atoms with Crippen molar-refractivity contribution in [2.75, 3.05) is 30.4 Å². The standard InChI is InChI=1S/C14H19N3O3/c15-6-7-20-9-13(18)16-11-2-1-3-12(8-11)17-14(19)10-4-5-10/h1-3,8,10H,4-7,9,15H2,(H,16,18)(H,17,19). The quantitative estimate of drug-likeness (QED) is 0.647. The summed E-state index contributed by atoms with van der Waals surface area (Å²) >= 11 is 0. The number of benzene rings is 1. The molecule has 0 atom stereocenters. The van der Waals surface area contributed by atoms with Crippen molar-refractivity contribution < 1.29 is 14.3 Å². The van der Waals surface area contributed by atoms with Gasteiger partial charge in [0.25, 0.3) is 0 Å². The molecule has 0 saturated heterocycles. The minimum Gasteiger partial charge on any atom is -0.370 e. The maximum absolute atomic E-state index is 11.7. The number of hydrogen-bond donors (Lipinski definition) is 3. The SMILES string of the molecule is NCCOCC(=O)Nc1cccc(NC(=O)C2CC2)c1. The highest BCUT2D eigenvalue weighted by molar-refractivity contribution is 5.96. The Balaban J connectivity index is 1.85. The van der Waals surface area contributed by atoms with E-state index in [1.807, 2.05) is 0 Å². The summed E-state index contributed by atoms with van der Waals surface area (Å²) in [6.07, 6.45) is 1.92. The van der Waals surface area contributed by atoms with E-state index in [0.717, 1.165) is 12.8 Å². The number of rotatable bonds is 7. The highest BCUT2D eigenvalue weighted by atomic mass is 16.5. The number of nitrogens with two attached hydrogens (primary N) is 1. The number of amides is 2. The van der Waals surface area contributed by atoms with E-state index >= 15 is 0 Å². The molecule has 6 heteroatoms. The van der Waals surface area contributed by atoms with Crippen molar-refractivity contribution in [1.82, 2.24) is 0 Å². The lowest BCUT2D eigenvalue weighted by Crippen LogP contribution is -2.21. The fraction of sp³-hybridized carbons (Fsp3) is 0.429. The molecule has 2 amide bonds. The lowest BCUT2D eigenvalue weighted by atomic mass is 10.2. The van der Waals surface area contributed by atoms with Crippen molar-refractivity contribution in [1.29, 1.82) is 0 Å². The highest BCUT2D eigenvalue weighted by Crippen LogP contribution is 2.30. The Morgan fingerprint density at radius 2 is 1.95 bits per heavy atom. The molecule has 1 aromatic rings. The van der Waals surface area contributed by atoms with E-state index in [-0.39, 0.29) is 24.3 Å². The van der Waals surface area contributed by atoms with Gasteiger partial charge in [0.2, 0.25) is 11.8 Å². The van der Waals surface area contributed by atoms with Gasteiger partial charge in [-0.15, -0.1) is 0 Å². The van der Waals surface area contributed by atoms with Crippen LogP contribution in [0.1, 0.15) is 12.8 Å². The molecule has 0 spiro atoms. The zero-order valence-corrected chi connectivity index (χ0v) is 11.2. The molecule has 1 aliphatic carbocycles.